The van der Waals surface area contributed by atoms with E-state index in [1.807, 2.05) is 0 Å². The lowest BCUT2D eigenvalue weighted by Crippen LogP contribution is -2.43. The molecule has 24 heavy (non-hydrogen) atoms. The third-order valence-electron chi connectivity index (χ3n) is 7.70. The highest BCUT2D eigenvalue weighted by Gasteiger charge is 2.53. The third kappa shape index (κ3) is 2.11. The quantitative estimate of drug-likeness (QED) is 0.577. The molecule has 0 aliphatic heterocycles. The Hall–Kier alpha value is -1.56. The molecule has 3 aliphatic carbocycles. The minimum Gasteiger partial charge on any atom is -0.0622 e. The summed E-state index contributed by atoms with van der Waals surface area (Å²) in [5.41, 5.74) is 5.50. The Morgan fingerprint density at radius 1 is 0.833 bits per heavy atom. The van der Waals surface area contributed by atoms with Gasteiger partial charge in [0.25, 0.3) is 0 Å². The van der Waals surface area contributed by atoms with E-state index in [-0.39, 0.29) is 0 Å². The van der Waals surface area contributed by atoms with Crippen molar-refractivity contribution in [2.75, 3.05) is 0 Å². The summed E-state index contributed by atoms with van der Waals surface area (Å²) in [5, 5.41) is 0. The second kappa shape index (κ2) is 5.48. The van der Waals surface area contributed by atoms with Crippen LogP contribution < -0.4 is 0 Å². The average Bonchev–Trinajstić information content (AvgIpc) is 3.03. The molecule has 2 saturated carbocycles. The van der Waals surface area contributed by atoms with E-state index in [2.05, 4.69) is 61.5 Å². The van der Waals surface area contributed by atoms with Gasteiger partial charge in [-0.05, 0) is 77.9 Å². The highest BCUT2D eigenvalue weighted by molar-refractivity contribution is 5.39. The highest BCUT2D eigenvalue weighted by atomic mass is 14.6. The maximum atomic E-state index is 2.60. The standard InChI is InChI=1S/C24H28/c1-24-14-7-12-22(24)23-20(13-15-24)19-11-6-5-10-18(19)16-21(23)17-8-3-2-4-9-17/h2-6,8-11,20-23H,7,12-16H2,1H3/t20-,21+,22+,23+,24+/m1/s1. The van der Waals surface area contributed by atoms with E-state index in [1.165, 1.54) is 38.5 Å². The van der Waals surface area contributed by atoms with Gasteiger partial charge in [0.2, 0.25) is 0 Å². The van der Waals surface area contributed by atoms with Gasteiger partial charge < -0.3 is 0 Å². The molecule has 0 nitrogen and oxygen atoms in total. The minimum absolute atomic E-state index is 0.612. The average molecular weight is 316 g/mol. The molecule has 2 fully saturated rings. The van der Waals surface area contributed by atoms with Gasteiger partial charge in [0.05, 0.1) is 0 Å². The van der Waals surface area contributed by atoms with Crippen molar-refractivity contribution in [3.8, 4) is 0 Å². The van der Waals surface area contributed by atoms with Crippen LogP contribution in [0.3, 0.4) is 0 Å². The Labute approximate surface area is 146 Å². The van der Waals surface area contributed by atoms with Crippen molar-refractivity contribution in [3.05, 3.63) is 71.3 Å². The molecule has 124 valence electrons. The number of benzene rings is 2. The maximum Gasteiger partial charge on any atom is -0.00844 e. The Kier molecular flexibility index (Phi) is 3.37. The van der Waals surface area contributed by atoms with Gasteiger partial charge in [-0.1, -0.05) is 67.9 Å². The molecule has 0 heteroatoms. The summed E-state index contributed by atoms with van der Waals surface area (Å²) in [6.45, 7) is 2.60. The summed E-state index contributed by atoms with van der Waals surface area (Å²) < 4.78 is 0. The van der Waals surface area contributed by atoms with Crippen LogP contribution >= 0.6 is 0 Å². The smallest absolute Gasteiger partial charge is 0.00844 e. The fourth-order valence-corrected chi connectivity index (χ4v) is 6.60. The van der Waals surface area contributed by atoms with Crippen LogP contribution in [0.5, 0.6) is 0 Å². The van der Waals surface area contributed by atoms with Gasteiger partial charge in [-0.15, -0.1) is 0 Å². The normalized spacial score (nSPS) is 37.4. The molecule has 0 radical (unpaired) electrons. The van der Waals surface area contributed by atoms with Gasteiger partial charge in [0.15, 0.2) is 0 Å². The van der Waals surface area contributed by atoms with Crippen LogP contribution in [-0.2, 0) is 6.42 Å². The minimum atomic E-state index is 0.612. The second-order valence-electron chi connectivity index (χ2n) is 8.80. The summed E-state index contributed by atoms with van der Waals surface area (Å²) in [5.74, 6) is 3.28. The van der Waals surface area contributed by atoms with Crippen LogP contribution in [0.4, 0.5) is 0 Å². The molecule has 5 atom stereocenters. The Morgan fingerprint density at radius 3 is 2.50 bits per heavy atom. The van der Waals surface area contributed by atoms with Crippen LogP contribution in [0, 0.1) is 17.3 Å². The zero-order valence-corrected chi connectivity index (χ0v) is 14.7. The first-order valence-electron chi connectivity index (χ1n) is 9.89. The van der Waals surface area contributed by atoms with Crippen molar-refractivity contribution in [1.29, 1.82) is 0 Å². The van der Waals surface area contributed by atoms with E-state index in [0.717, 1.165) is 17.8 Å². The Morgan fingerprint density at radius 2 is 1.62 bits per heavy atom. The van der Waals surface area contributed by atoms with E-state index >= 15 is 0 Å². The second-order valence-corrected chi connectivity index (χ2v) is 8.80. The van der Waals surface area contributed by atoms with Crippen molar-refractivity contribution < 1.29 is 0 Å². The largest absolute Gasteiger partial charge is 0.0622 e. The molecule has 0 spiro atoms. The first kappa shape index (κ1) is 14.8. The maximum absolute atomic E-state index is 2.60. The van der Waals surface area contributed by atoms with Crippen LogP contribution in [0.15, 0.2) is 54.6 Å². The van der Waals surface area contributed by atoms with Crippen LogP contribution in [0.1, 0.15) is 67.6 Å². The van der Waals surface area contributed by atoms with E-state index in [9.17, 15) is 0 Å². The Bertz CT molecular complexity index is 731. The lowest BCUT2D eigenvalue weighted by atomic mass is 9.52. The summed E-state index contributed by atoms with van der Waals surface area (Å²) in [7, 11) is 0. The number of rotatable bonds is 1. The summed E-state index contributed by atoms with van der Waals surface area (Å²) in [6, 6.07) is 20.7. The number of hydrogen-bond acceptors (Lipinski definition) is 0. The molecule has 0 saturated heterocycles. The van der Waals surface area contributed by atoms with E-state index < -0.39 is 0 Å². The molecule has 0 heterocycles. The first-order chi connectivity index (χ1) is 11.8. The van der Waals surface area contributed by atoms with Gasteiger partial charge in [-0.3, -0.25) is 0 Å². The van der Waals surface area contributed by atoms with Gasteiger partial charge in [-0.25, -0.2) is 0 Å². The predicted molar refractivity (Wildman–Crippen MR) is 100 cm³/mol. The molecule has 0 amide bonds. The van der Waals surface area contributed by atoms with Crippen LogP contribution in [0.2, 0.25) is 0 Å². The van der Waals surface area contributed by atoms with Gasteiger partial charge >= 0.3 is 0 Å². The zero-order chi connectivity index (χ0) is 16.1. The van der Waals surface area contributed by atoms with Crippen LogP contribution in [0.25, 0.3) is 0 Å². The highest BCUT2D eigenvalue weighted by Crippen LogP contribution is 2.63. The molecule has 5 rings (SSSR count). The monoisotopic (exact) mass is 316 g/mol. The van der Waals surface area contributed by atoms with Crippen molar-refractivity contribution in [1.82, 2.24) is 0 Å². The molecular weight excluding hydrogens is 288 g/mol. The van der Waals surface area contributed by atoms with Crippen molar-refractivity contribution in [2.45, 2.75) is 57.3 Å². The Balaban J connectivity index is 1.64. The van der Waals surface area contributed by atoms with E-state index in [1.54, 1.807) is 16.7 Å². The zero-order valence-electron chi connectivity index (χ0n) is 14.7. The number of hydrogen-bond donors (Lipinski definition) is 0. The van der Waals surface area contributed by atoms with E-state index in [4.69, 9.17) is 0 Å². The lowest BCUT2D eigenvalue weighted by Gasteiger charge is -2.52. The molecular formula is C24H28. The fourth-order valence-electron chi connectivity index (χ4n) is 6.60. The summed E-state index contributed by atoms with van der Waals surface area (Å²) in [4.78, 5) is 0. The van der Waals surface area contributed by atoms with Crippen molar-refractivity contribution in [3.63, 3.8) is 0 Å². The molecule has 3 aliphatic rings. The van der Waals surface area contributed by atoms with E-state index in [0.29, 0.717) is 11.3 Å². The fraction of sp³-hybridized carbons (Fsp3) is 0.500. The third-order valence-corrected chi connectivity index (χ3v) is 7.70. The molecule has 0 bridgehead atoms. The lowest BCUT2D eigenvalue weighted by molar-refractivity contribution is 0.0470. The summed E-state index contributed by atoms with van der Waals surface area (Å²) in [6.07, 6.45) is 8.46. The molecule has 0 N–H and O–H groups in total. The van der Waals surface area contributed by atoms with Crippen LogP contribution in [-0.4, -0.2) is 0 Å². The van der Waals surface area contributed by atoms with Gasteiger partial charge in [0, 0.05) is 0 Å². The summed E-state index contributed by atoms with van der Waals surface area (Å²) >= 11 is 0. The molecule has 0 aromatic heterocycles. The first-order valence-corrected chi connectivity index (χ1v) is 9.89. The van der Waals surface area contributed by atoms with Gasteiger partial charge in [0.1, 0.15) is 0 Å². The topological polar surface area (TPSA) is 0 Å². The molecule has 2 aromatic rings. The SMILES string of the molecule is C[C@@]12CCC[C@H]1[C@H]1[C@H](CC2)c2ccccc2C[C@H]1c1ccccc1. The number of fused-ring (bicyclic) bond motifs is 5. The molecule has 2 aromatic carbocycles. The van der Waals surface area contributed by atoms with Gasteiger partial charge in [-0.2, -0.15) is 0 Å². The van der Waals surface area contributed by atoms with Crippen molar-refractivity contribution >= 4 is 0 Å². The molecule has 0 unspecified atom stereocenters. The predicted octanol–water partition coefficient (Wildman–Crippen LogP) is 6.33. The van der Waals surface area contributed by atoms with Crippen molar-refractivity contribution in [2.24, 2.45) is 17.3 Å².